The Labute approximate surface area is 214 Å². The molecule has 0 spiro atoms. The molecule has 0 saturated carbocycles. The largest absolute Gasteiger partial charge is 0.445 e. The molecular weight excluding hydrogens is 503 g/mol. The lowest BCUT2D eigenvalue weighted by molar-refractivity contribution is -0.137. The standard InChI is InChI=1S/C25H22F3N7O3/c26-25(27,28)18-4-1-16(2-5-18)15-38-24(37)35-11-9-34(10-12-35)22-8-3-17(14-29-22)23(36)30-19-6-7-20-21(13-19)32-33-31-20/h1-8,13-14H,9-12,15H2,(H,30,36)(H,31,32,33). The van der Waals surface area contributed by atoms with Crippen LogP contribution in [0, 0.1) is 0 Å². The van der Waals surface area contributed by atoms with E-state index in [-0.39, 0.29) is 12.5 Å². The fourth-order valence-electron chi connectivity index (χ4n) is 3.97. The molecule has 4 aromatic rings. The lowest BCUT2D eigenvalue weighted by Crippen LogP contribution is -2.49. The van der Waals surface area contributed by atoms with Crippen LogP contribution < -0.4 is 10.2 Å². The number of piperazine rings is 1. The number of amides is 2. The monoisotopic (exact) mass is 525 g/mol. The molecule has 0 bridgehead atoms. The van der Waals surface area contributed by atoms with Crippen LogP contribution in [0.5, 0.6) is 0 Å². The third kappa shape index (κ3) is 5.66. The number of hydrogen-bond acceptors (Lipinski definition) is 7. The van der Waals surface area contributed by atoms with Gasteiger partial charge in [0.2, 0.25) is 0 Å². The zero-order valence-electron chi connectivity index (χ0n) is 19.9. The highest BCUT2D eigenvalue weighted by atomic mass is 19.4. The van der Waals surface area contributed by atoms with Gasteiger partial charge >= 0.3 is 12.3 Å². The van der Waals surface area contributed by atoms with Gasteiger partial charge in [-0.2, -0.15) is 28.6 Å². The van der Waals surface area contributed by atoms with E-state index >= 15 is 0 Å². The number of carbonyl (C=O) groups excluding carboxylic acids is 2. The maximum atomic E-state index is 12.7. The number of benzene rings is 2. The number of carbonyl (C=O) groups is 2. The van der Waals surface area contributed by atoms with Crippen molar-refractivity contribution in [3.8, 4) is 0 Å². The predicted octanol–water partition coefficient (Wildman–Crippen LogP) is 4.08. The molecule has 196 valence electrons. The number of aromatic nitrogens is 4. The van der Waals surface area contributed by atoms with Crippen molar-refractivity contribution in [3.63, 3.8) is 0 Å². The Morgan fingerprint density at radius 2 is 1.68 bits per heavy atom. The summed E-state index contributed by atoms with van der Waals surface area (Å²) in [5.41, 5.74) is 2.02. The van der Waals surface area contributed by atoms with Gasteiger partial charge in [0.1, 0.15) is 23.5 Å². The number of H-pyrrole nitrogens is 1. The molecule has 2 aromatic heterocycles. The number of alkyl halides is 3. The summed E-state index contributed by atoms with van der Waals surface area (Å²) in [5, 5.41) is 13.3. The summed E-state index contributed by atoms with van der Waals surface area (Å²) in [5.74, 6) is 0.357. The first-order valence-electron chi connectivity index (χ1n) is 11.7. The fourth-order valence-corrected chi connectivity index (χ4v) is 3.97. The molecule has 2 amide bonds. The van der Waals surface area contributed by atoms with E-state index in [2.05, 4.69) is 25.7 Å². The molecule has 0 radical (unpaired) electrons. The number of aromatic amines is 1. The summed E-state index contributed by atoms with van der Waals surface area (Å²) in [4.78, 5) is 32.9. The SMILES string of the molecule is O=C(Nc1ccc2n[nH]nc2c1)c1ccc(N2CCN(C(=O)OCc3ccc(C(F)(F)F)cc3)CC2)nc1. The van der Waals surface area contributed by atoms with Gasteiger partial charge in [-0.05, 0) is 48.0 Å². The minimum atomic E-state index is -4.41. The number of anilines is 2. The minimum Gasteiger partial charge on any atom is -0.445 e. The highest BCUT2D eigenvalue weighted by Crippen LogP contribution is 2.29. The van der Waals surface area contributed by atoms with Crippen LogP contribution in [-0.4, -0.2) is 63.5 Å². The molecule has 5 rings (SSSR count). The van der Waals surface area contributed by atoms with Crippen molar-refractivity contribution in [2.45, 2.75) is 12.8 Å². The van der Waals surface area contributed by atoms with E-state index in [1.54, 1.807) is 30.3 Å². The Balaban J connectivity index is 1.10. The first-order valence-corrected chi connectivity index (χ1v) is 11.7. The Morgan fingerprint density at radius 3 is 2.37 bits per heavy atom. The minimum absolute atomic E-state index is 0.116. The summed E-state index contributed by atoms with van der Waals surface area (Å²) in [6.07, 6.45) is -3.46. The molecule has 1 aliphatic rings. The molecule has 1 fully saturated rings. The van der Waals surface area contributed by atoms with Crippen LogP contribution in [0.4, 0.5) is 29.5 Å². The molecule has 13 heteroatoms. The van der Waals surface area contributed by atoms with Crippen molar-refractivity contribution in [2.75, 3.05) is 36.4 Å². The molecule has 3 heterocycles. The van der Waals surface area contributed by atoms with E-state index in [0.717, 1.165) is 12.1 Å². The summed E-state index contributed by atoms with van der Waals surface area (Å²) in [6, 6.07) is 13.1. The molecule has 2 aromatic carbocycles. The number of hydrogen-bond donors (Lipinski definition) is 2. The first-order chi connectivity index (χ1) is 18.3. The summed E-state index contributed by atoms with van der Waals surface area (Å²) in [6.45, 7) is 1.67. The molecule has 1 aliphatic heterocycles. The maximum absolute atomic E-state index is 12.7. The number of halogens is 3. The summed E-state index contributed by atoms with van der Waals surface area (Å²) >= 11 is 0. The zero-order chi connectivity index (χ0) is 26.7. The van der Waals surface area contributed by atoms with E-state index in [1.807, 2.05) is 4.90 Å². The van der Waals surface area contributed by atoms with Gasteiger partial charge in [-0.1, -0.05) is 12.1 Å². The predicted molar refractivity (Wildman–Crippen MR) is 131 cm³/mol. The Bertz CT molecular complexity index is 1430. The average Bonchev–Trinajstić information content (AvgIpc) is 3.40. The number of nitrogens with zero attached hydrogens (tertiary/aromatic N) is 5. The van der Waals surface area contributed by atoms with Gasteiger partial charge in [0.25, 0.3) is 5.91 Å². The second-order valence-corrected chi connectivity index (χ2v) is 8.61. The van der Waals surface area contributed by atoms with Gasteiger partial charge in [-0.25, -0.2) is 9.78 Å². The summed E-state index contributed by atoms with van der Waals surface area (Å²) in [7, 11) is 0. The number of pyridine rings is 1. The van der Waals surface area contributed by atoms with Crippen LogP contribution >= 0.6 is 0 Å². The van der Waals surface area contributed by atoms with E-state index in [4.69, 9.17) is 4.74 Å². The number of ether oxygens (including phenoxy) is 1. The highest BCUT2D eigenvalue weighted by Gasteiger charge is 2.30. The molecule has 2 N–H and O–H groups in total. The van der Waals surface area contributed by atoms with E-state index < -0.39 is 17.8 Å². The van der Waals surface area contributed by atoms with E-state index in [9.17, 15) is 22.8 Å². The quantitative estimate of drug-likeness (QED) is 0.403. The topological polar surface area (TPSA) is 116 Å². The molecule has 38 heavy (non-hydrogen) atoms. The second kappa shape index (κ2) is 10.4. The maximum Gasteiger partial charge on any atom is 0.416 e. The van der Waals surface area contributed by atoms with Gasteiger partial charge in [-0.15, -0.1) is 0 Å². The summed E-state index contributed by atoms with van der Waals surface area (Å²) < 4.78 is 43.3. The van der Waals surface area contributed by atoms with Gasteiger partial charge in [0.05, 0.1) is 11.1 Å². The highest BCUT2D eigenvalue weighted by molar-refractivity contribution is 6.04. The lowest BCUT2D eigenvalue weighted by Gasteiger charge is -2.34. The van der Waals surface area contributed by atoms with Gasteiger partial charge < -0.3 is 19.9 Å². The smallest absolute Gasteiger partial charge is 0.416 e. The molecule has 0 atom stereocenters. The normalized spacial score (nSPS) is 14.0. The van der Waals surface area contributed by atoms with Crippen LogP contribution in [0.15, 0.2) is 60.8 Å². The van der Waals surface area contributed by atoms with Crippen molar-refractivity contribution in [3.05, 3.63) is 77.5 Å². The van der Waals surface area contributed by atoms with Crippen molar-refractivity contribution < 1.29 is 27.5 Å². The molecule has 0 unspecified atom stereocenters. The Morgan fingerprint density at radius 1 is 0.947 bits per heavy atom. The van der Waals surface area contributed by atoms with Crippen molar-refractivity contribution in [1.82, 2.24) is 25.3 Å². The van der Waals surface area contributed by atoms with Gasteiger partial charge in [0, 0.05) is 38.1 Å². The molecule has 10 nitrogen and oxygen atoms in total. The Kier molecular flexibility index (Phi) is 6.81. The third-order valence-corrected chi connectivity index (χ3v) is 6.09. The first kappa shape index (κ1) is 25.0. The van der Waals surface area contributed by atoms with Gasteiger partial charge in [0.15, 0.2) is 0 Å². The van der Waals surface area contributed by atoms with Crippen LogP contribution in [0.3, 0.4) is 0 Å². The Hall–Kier alpha value is -4.68. The molecular formula is C25H22F3N7O3. The van der Waals surface area contributed by atoms with Crippen LogP contribution in [0.1, 0.15) is 21.5 Å². The lowest BCUT2D eigenvalue weighted by atomic mass is 10.1. The number of fused-ring (bicyclic) bond motifs is 1. The van der Waals surface area contributed by atoms with Gasteiger partial charge in [-0.3, -0.25) is 4.79 Å². The molecule has 0 aliphatic carbocycles. The van der Waals surface area contributed by atoms with Crippen molar-refractivity contribution in [2.24, 2.45) is 0 Å². The van der Waals surface area contributed by atoms with Crippen LogP contribution in [0.25, 0.3) is 11.0 Å². The molecule has 1 saturated heterocycles. The van der Waals surface area contributed by atoms with Crippen LogP contribution in [0.2, 0.25) is 0 Å². The van der Waals surface area contributed by atoms with Crippen molar-refractivity contribution in [1.29, 1.82) is 0 Å². The number of rotatable bonds is 5. The van der Waals surface area contributed by atoms with E-state index in [1.165, 1.54) is 23.2 Å². The average molecular weight is 525 g/mol. The number of nitrogens with one attached hydrogen (secondary N) is 2. The fraction of sp³-hybridized carbons (Fsp3) is 0.240. The zero-order valence-corrected chi connectivity index (χ0v) is 19.9. The van der Waals surface area contributed by atoms with Crippen molar-refractivity contribution >= 4 is 34.5 Å². The third-order valence-electron chi connectivity index (χ3n) is 6.09. The second-order valence-electron chi connectivity index (χ2n) is 8.61. The van der Waals surface area contributed by atoms with E-state index in [0.29, 0.717) is 59.8 Å². The van der Waals surface area contributed by atoms with Crippen LogP contribution in [-0.2, 0) is 17.5 Å².